The third-order valence-corrected chi connectivity index (χ3v) is 2.90. The molecule has 2 fully saturated rings. The normalized spacial score (nSPS) is 24.8. The van der Waals surface area contributed by atoms with Crippen LogP contribution in [0.1, 0.15) is 25.7 Å². The molecule has 2 rings (SSSR count). The van der Waals surface area contributed by atoms with E-state index < -0.39 is 11.7 Å². The summed E-state index contributed by atoms with van der Waals surface area (Å²) in [6.07, 6.45) is 2.71. The number of nitrogens with two attached hydrogens (primary N) is 1. The van der Waals surface area contributed by atoms with Crippen LogP contribution in [0.15, 0.2) is 0 Å². The third kappa shape index (κ3) is 1.19. The fourth-order valence-corrected chi connectivity index (χ4v) is 2.18. The zero-order valence-corrected chi connectivity index (χ0v) is 7.99. The summed E-state index contributed by atoms with van der Waals surface area (Å²) in [7, 11) is 0. The quantitative estimate of drug-likeness (QED) is 0.689. The summed E-state index contributed by atoms with van der Waals surface area (Å²) in [5.74, 6) is -0.189. The molecular weight excluding hydrogens is 184 g/mol. The molecule has 2 aliphatic rings. The maximum absolute atomic E-state index is 11.9. The zero-order valence-electron chi connectivity index (χ0n) is 7.99. The Morgan fingerprint density at radius 2 is 2.00 bits per heavy atom. The Hall–Kier alpha value is -1.10. The van der Waals surface area contributed by atoms with Gasteiger partial charge in [-0.1, -0.05) is 0 Å². The summed E-state index contributed by atoms with van der Waals surface area (Å²) < 4.78 is 5.17. The van der Waals surface area contributed by atoms with Gasteiger partial charge in [-0.2, -0.15) is 0 Å². The first-order chi connectivity index (χ1) is 6.69. The highest BCUT2D eigenvalue weighted by Crippen LogP contribution is 2.39. The van der Waals surface area contributed by atoms with Crippen molar-refractivity contribution in [2.45, 2.75) is 31.3 Å². The molecule has 0 radical (unpaired) electrons. The highest BCUT2D eigenvalue weighted by atomic mass is 16.6. The molecule has 1 saturated heterocycles. The van der Waals surface area contributed by atoms with E-state index >= 15 is 0 Å². The van der Waals surface area contributed by atoms with E-state index in [1.54, 1.807) is 0 Å². The van der Waals surface area contributed by atoms with Gasteiger partial charge in [0.1, 0.15) is 0 Å². The second-order valence-corrected chi connectivity index (χ2v) is 3.81. The average molecular weight is 198 g/mol. The van der Waals surface area contributed by atoms with Crippen molar-refractivity contribution in [2.24, 2.45) is 5.73 Å². The number of nitrogens with zero attached hydrogens (tertiary/aromatic N) is 1. The van der Waals surface area contributed by atoms with Crippen molar-refractivity contribution in [3.05, 3.63) is 0 Å². The van der Waals surface area contributed by atoms with Crippen LogP contribution in [-0.2, 0) is 9.53 Å². The molecule has 1 heterocycles. The van der Waals surface area contributed by atoms with Gasteiger partial charge in [0.2, 0.25) is 0 Å². The first-order valence-electron chi connectivity index (χ1n) is 4.95. The van der Waals surface area contributed by atoms with E-state index in [1.807, 2.05) is 0 Å². The van der Waals surface area contributed by atoms with Crippen LogP contribution in [0.5, 0.6) is 0 Å². The minimum atomic E-state index is -0.827. The molecule has 1 spiro atoms. The van der Waals surface area contributed by atoms with Gasteiger partial charge < -0.3 is 10.5 Å². The number of carbonyl (C=O) groups is 2. The van der Waals surface area contributed by atoms with Crippen molar-refractivity contribution in [1.29, 1.82) is 0 Å². The van der Waals surface area contributed by atoms with E-state index in [0.29, 0.717) is 12.8 Å². The molecule has 0 aromatic heterocycles. The predicted molar refractivity (Wildman–Crippen MR) is 48.4 cm³/mol. The molecule has 1 saturated carbocycles. The number of imide groups is 1. The van der Waals surface area contributed by atoms with E-state index in [-0.39, 0.29) is 19.0 Å². The van der Waals surface area contributed by atoms with Gasteiger partial charge in [0.05, 0.1) is 0 Å². The topological polar surface area (TPSA) is 72.6 Å². The molecule has 2 N–H and O–H groups in total. The monoisotopic (exact) mass is 198 g/mol. The lowest BCUT2D eigenvalue weighted by Gasteiger charge is -2.17. The van der Waals surface area contributed by atoms with E-state index in [1.165, 1.54) is 0 Å². The van der Waals surface area contributed by atoms with Crippen molar-refractivity contribution in [2.75, 3.05) is 13.1 Å². The number of amides is 2. The van der Waals surface area contributed by atoms with Crippen molar-refractivity contribution >= 4 is 12.0 Å². The van der Waals surface area contributed by atoms with Gasteiger partial charge in [-0.3, -0.25) is 4.79 Å². The second kappa shape index (κ2) is 3.24. The molecule has 2 amide bonds. The van der Waals surface area contributed by atoms with Crippen LogP contribution in [0.25, 0.3) is 0 Å². The van der Waals surface area contributed by atoms with Gasteiger partial charge in [-0.15, -0.1) is 0 Å². The predicted octanol–water partition coefficient (Wildman–Crippen LogP) is 0.237. The maximum atomic E-state index is 11.9. The molecule has 1 aliphatic heterocycles. The van der Waals surface area contributed by atoms with Crippen LogP contribution in [-0.4, -0.2) is 35.6 Å². The Bertz CT molecular complexity index is 271. The number of carbonyl (C=O) groups excluding carboxylic acids is 2. The Morgan fingerprint density at radius 3 is 2.57 bits per heavy atom. The van der Waals surface area contributed by atoms with Crippen LogP contribution in [0.2, 0.25) is 0 Å². The molecule has 0 aromatic carbocycles. The van der Waals surface area contributed by atoms with Gasteiger partial charge in [0.25, 0.3) is 5.91 Å². The summed E-state index contributed by atoms with van der Waals surface area (Å²) in [6.45, 7) is 0.552. The van der Waals surface area contributed by atoms with Crippen molar-refractivity contribution in [1.82, 2.24) is 4.90 Å². The van der Waals surface area contributed by atoms with E-state index in [9.17, 15) is 9.59 Å². The maximum Gasteiger partial charge on any atom is 0.417 e. The number of rotatable bonds is 2. The molecule has 0 bridgehead atoms. The van der Waals surface area contributed by atoms with Crippen molar-refractivity contribution in [3.8, 4) is 0 Å². The zero-order chi connectivity index (χ0) is 10.2. The molecule has 14 heavy (non-hydrogen) atoms. The Labute approximate surface area is 82.2 Å². The third-order valence-electron chi connectivity index (χ3n) is 2.90. The number of ether oxygens (including phenoxy) is 1. The van der Waals surface area contributed by atoms with Crippen LogP contribution in [0.3, 0.4) is 0 Å². The lowest BCUT2D eigenvalue weighted by atomic mass is 10.0. The molecule has 0 aromatic rings. The Balaban J connectivity index is 2.18. The largest absolute Gasteiger partial charge is 0.432 e. The first kappa shape index (κ1) is 9.45. The van der Waals surface area contributed by atoms with Crippen LogP contribution in [0.4, 0.5) is 4.79 Å². The molecule has 5 heteroatoms. The number of hydrogen-bond donors (Lipinski definition) is 1. The van der Waals surface area contributed by atoms with Gasteiger partial charge in [0.15, 0.2) is 5.60 Å². The molecule has 1 aliphatic carbocycles. The van der Waals surface area contributed by atoms with E-state index in [2.05, 4.69) is 0 Å². The first-order valence-corrected chi connectivity index (χ1v) is 4.95. The smallest absolute Gasteiger partial charge is 0.417 e. The van der Waals surface area contributed by atoms with Crippen LogP contribution in [0, 0.1) is 0 Å². The lowest BCUT2D eigenvalue weighted by molar-refractivity contribution is -0.136. The van der Waals surface area contributed by atoms with Gasteiger partial charge >= 0.3 is 6.09 Å². The molecule has 0 atom stereocenters. The summed E-state index contributed by atoms with van der Waals surface area (Å²) >= 11 is 0. The van der Waals surface area contributed by atoms with Gasteiger partial charge in [0, 0.05) is 13.1 Å². The fraction of sp³-hybridized carbons (Fsp3) is 0.778. The fourth-order valence-electron chi connectivity index (χ4n) is 2.18. The summed E-state index contributed by atoms with van der Waals surface area (Å²) in [6, 6.07) is 0. The SMILES string of the molecule is NCCN1C(=O)OC2(CCCC2)C1=O. The Morgan fingerprint density at radius 1 is 1.36 bits per heavy atom. The van der Waals surface area contributed by atoms with Gasteiger partial charge in [-0.05, 0) is 25.7 Å². The second-order valence-electron chi connectivity index (χ2n) is 3.81. The average Bonchev–Trinajstić information content (AvgIpc) is 2.69. The minimum Gasteiger partial charge on any atom is -0.432 e. The summed E-state index contributed by atoms with van der Waals surface area (Å²) in [4.78, 5) is 24.3. The standard InChI is InChI=1S/C9H14N2O3/c10-5-6-11-7(12)9(14-8(11)13)3-1-2-4-9/h1-6,10H2. The van der Waals surface area contributed by atoms with Crippen molar-refractivity contribution < 1.29 is 14.3 Å². The lowest BCUT2D eigenvalue weighted by Crippen LogP contribution is -2.40. The van der Waals surface area contributed by atoms with E-state index in [4.69, 9.17) is 10.5 Å². The summed E-state index contributed by atoms with van der Waals surface area (Å²) in [5, 5.41) is 0. The molecule has 5 nitrogen and oxygen atoms in total. The Kier molecular flexibility index (Phi) is 2.19. The van der Waals surface area contributed by atoms with E-state index in [0.717, 1.165) is 17.7 Å². The molecular formula is C9H14N2O3. The molecule has 0 unspecified atom stereocenters. The van der Waals surface area contributed by atoms with Crippen molar-refractivity contribution in [3.63, 3.8) is 0 Å². The minimum absolute atomic E-state index is 0.189. The van der Waals surface area contributed by atoms with Crippen LogP contribution >= 0.6 is 0 Å². The number of hydrogen-bond acceptors (Lipinski definition) is 4. The highest BCUT2D eigenvalue weighted by molar-refractivity contribution is 6.03. The highest BCUT2D eigenvalue weighted by Gasteiger charge is 2.54. The molecule has 78 valence electrons. The van der Waals surface area contributed by atoms with Crippen LogP contribution < -0.4 is 5.73 Å². The van der Waals surface area contributed by atoms with Gasteiger partial charge in [-0.25, -0.2) is 9.69 Å². The summed E-state index contributed by atoms with van der Waals surface area (Å²) in [5.41, 5.74) is 4.49.